The maximum atomic E-state index is 12.9. The second kappa shape index (κ2) is 9.41. The van der Waals surface area contributed by atoms with E-state index in [1.165, 1.54) is 12.1 Å². The van der Waals surface area contributed by atoms with Crippen molar-refractivity contribution >= 4 is 15.9 Å². The van der Waals surface area contributed by atoms with E-state index in [1.807, 2.05) is 38.1 Å². The van der Waals surface area contributed by atoms with E-state index in [9.17, 15) is 13.2 Å². The molecule has 2 aromatic rings. The molecule has 1 aliphatic rings. The van der Waals surface area contributed by atoms with Gasteiger partial charge in [0.05, 0.1) is 11.4 Å². The zero-order valence-corrected chi connectivity index (χ0v) is 17.7. The highest BCUT2D eigenvalue weighted by Crippen LogP contribution is 2.25. The number of nitrogens with zero attached hydrogens (tertiary/aromatic N) is 1. The second-order valence-electron chi connectivity index (χ2n) is 7.40. The van der Waals surface area contributed by atoms with Gasteiger partial charge in [0.15, 0.2) is 0 Å². The van der Waals surface area contributed by atoms with Crippen LogP contribution in [0.15, 0.2) is 53.4 Å². The Morgan fingerprint density at radius 3 is 2.45 bits per heavy atom. The van der Waals surface area contributed by atoms with Crippen LogP contribution in [0.4, 0.5) is 0 Å². The van der Waals surface area contributed by atoms with Crippen molar-refractivity contribution in [1.29, 1.82) is 0 Å². The molecule has 1 amide bonds. The SMILES string of the molecule is Cc1ccc(OCCNC(=O)c2ccc(S(=O)(=O)N3CCCC[C@H]3C)cc2)cc1. The molecule has 1 heterocycles. The lowest BCUT2D eigenvalue weighted by molar-refractivity contribution is 0.0947. The Labute approximate surface area is 172 Å². The summed E-state index contributed by atoms with van der Waals surface area (Å²) in [6, 6.07) is 13.8. The maximum absolute atomic E-state index is 12.9. The molecule has 2 aromatic carbocycles. The molecule has 156 valence electrons. The molecule has 0 unspecified atom stereocenters. The molecule has 0 spiro atoms. The summed E-state index contributed by atoms with van der Waals surface area (Å²) >= 11 is 0. The summed E-state index contributed by atoms with van der Waals surface area (Å²) < 4.78 is 32.9. The van der Waals surface area contributed by atoms with Crippen LogP contribution in [0.25, 0.3) is 0 Å². The summed E-state index contributed by atoms with van der Waals surface area (Å²) in [4.78, 5) is 12.5. The van der Waals surface area contributed by atoms with E-state index in [4.69, 9.17) is 4.74 Å². The molecule has 1 aliphatic heterocycles. The van der Waals surface area contributed by atoms with E-state index >= 15 is 0 Å². The zero-order chi connectivity index (χ0) is 20.9. The van der Waals surface area contributed by atoms with Gasteiger partial charge in [0, 0.05) is 18.2 Å². The highest BCUT2D eigenvalue weighted by atomic mass is 32.2. The Balaban J connectivity index is 1.53. The van der Waals surface area contributed by atoms with Crippen LogP contribution in [0.3, 0.4) is 0 Å². The van der Waals surface area contributed by atoms with Crippen LogP contribution in [0.2, 0.25) is 0 Å². The molecule has 1 saturated heterocycles. The summed E-state index contributed by atoms with van der Waals surface area (Å²) in [7, 11) is -3.53. The number of nitrogens with one attached hydrogen (secondary N) is 1. The molecule has 1 atom stereocenters. The van der Waals surface area contributed by atoms with Gasteiger partial charge in [0.1, 0.15) is 12.4 Å². The molecule has 0 aliphatic carbocycles. The quantitative estimate of drug-likeness (QED) is 0.702. The highest BCUT2D eigenvalue weighted by Gasteiger charge is 2.30. The summed E-state index contributed by atoms with van der Waals surface area (Å²) in [5, 5.41) is 2.79. The van der Waals surface area contributed by atoms with Crippen LogP contribution in [-0.2, 0) is 10.0 Å². The fourth-order valence-electron chi connectivity index (χ4n) is 3.41. The fourth-order valence-corrected chi connectivity index (χ4v) is 5.11. The van der Waals surface area contributed by atoms with Gasteiger partial charge in [0.25, 0.3) is 5.91 Å². The number of sulfonamides is 1. The topological polar surface area (TPSA) is 75.7 Å². The molecule has 6 nitrogen and oxygen atoms in total. The van der Waals surface area contributed by atoms with Gasteiger partial charge in [-0.15, -0.1) is 0 Å². The van der Waals surface area contributed by atoms with Gasteiger partial charge in [-0.1, -0.05) is 24.1 Å². The van der Waals surface area contributed by atoms with Crippen LogP contribution in [0.1, 0.15) is 42.1 Å². The minimum absolute atomic E-state index is 0.00487. The van der Waals surface area contributed by atoms with Crippen molar-refractivity contribution in [2.75, 3.05) is 19.7 Å². The number of amides is 1. The molecule has 7 heteroatoms. The first kappa shape index (κ1) is 21.3. The van der Waals surface area contributed by atoms with E-state index in [0.717, 1.165) is 30.6 Å². The zero-order valence-electron chi connectivity index (χ0n) is 16.9. The number of piperidine rings is 1. The largest absolute Gasteiger partial charge is 0.492 e. The number of rotatable bonds is 7. The lowest BCUT2D eigenvalue weighted by Crippen LogP contribution is -2.41. The van der Waals surface area contributed by atoms with Gasteiger partial charge in [-0.25, -0.2) is 8.42 Å². The third-order valence-corrected chi connectivity index (χ3v) is 7.17. The Morgan fingerprint density at radius 1 is 1.10 bits per heavy atom. The van der Waals surface area contributed by atoms with Gasteiger partial charge in [0.2, 0.25) is 10.0 Å². The van der Waals surface area contributed by atoms with Crippen LogP contribution in [-0.4, -0.2) is 44.4 Å². The smallest absolute Gasteiger partial charge is 0.251 e. The first-order valence-corrected chi connectivity index (χ1v) is 11.4. The molecule has 0 bridgehead atoms. The van der Waals surface area contributed by atoms with Gasteiger partial charge in [-0.2, -0.15) is 4.31 Å². The van der Waals surface area contributed by atoms with Crippen molar-refractivity contribution in [3.63, 3.8) is 0 Å². The van der Waals surface area contributed by atoms with E-state index < -0.39 is 10.0 Å². The van der Waals surface area contributed by atoms with Gasteiger partial charge >= 0.3 is 0 Å². The Morgan fingerprint density at radius 2 is 1.79 bits per heavy atom. The van der Waals surface area contributed by atoms with Crippen molar-refractivity contribution in [3.05, 3.63) is 59.7 Å². The number of hydrogen-bond acceptors (Lipinski definition) is 4. The normalized spacial score (nSPS) is 17.7. The summed E-state index contributed by atoms with van der Waals surface area (Å²) in [5.41, 5.74) is 1.58. The van der Waals surface area contributed by atoms with E-state index in [2.05, 4.69) is 5.32 Å². The van der Waals surface area contributed by atoms with Crippen molar-refractivity contribution in [2.24, 2.45) is 0 Å². The molecule has 0 saturated carbocycles. The Kier molecular flexibility index (Phi) is 6.92. The Hall–Kier alpha value is -2.38. The number of carbonyl (C=O) groups excluding carboxylic acids is 1. The monoisotopic (exact) mass is 416 g/mol. The average molecular weight is 417 g/mol. The van der Waals surface area contributed by atoms with Gasteiger partial charge in [-0.05, 0) is 63.1 Å². The van der Waals surface area contributed by atoms with Crippen molar-refractivity contribution in [3.8, 4) is 5.75 Å². The summed E-state index contributed by atoms with van der Waals surface area (Å²) in [6.07, 6.45) is 2.82. The van der Waals surface area contributed by atoms with Crippen LogP contribution in [0.5, 0.6) is 5.75 Å². The summed E-state index contributed by atoms with van der Waals surface area (Å²) in [5.74, 6) is 0.499. The predicted octanol–water partition coefficient (Wildman–Crippen LogP) is 3.37. The molecule has 1 N–H and O–H groups in total. The lowest BCUT2D eigenvalue weighted by atomic mass is 10.1. The van der Waals surface area contributed by atoms with Gasteiger partial charge < -0.3 is 10.1 Å². The molecular weight excluding hydrogens is 388 g/mol. The van der Waals surface area contributed by atoms with E-state index in [0.29, 0.717) is 25.3 Å². The van der Waals surface area contributed by atoms with Crippen molar-refractivity contribution < 1.29 is 17.9 Å². The fraction of sp³-hybridized carbons (Fsp3) is 0.409. The first-order valence-electron chi connectivity index (χ1n) is 9.97. The minimum Gasteiger partial charge on any atom is -0.492 e. The number of carbonyl (C=O) groups is 1. The van der Waals surface area contributed by atoms with Crippen molar-refractivity contribution in [2.45, 2.75) is 44.0 Å². The molecule has 0 aromatic heterocycles. The first-order chi connectivity index (χ1) is 13.9. The minimum atomic E-state index is -3.53. The predicted molar refractivity (Wildman–Crippen MR) is 113 cm³/mol. The highest BCUT2D eigenvalue weighted by molar-refractivity contribution is 7.89. The molecule has 29 heavy (non-hydrogen) atoms. The van der Waals surface area contributed by atoms with E-state index in [-0.39, 0.29) is 16.8 Å². The van der Waals surface area contributed by atoms with Crippen LogP contribution < -0.4 is 10.1 Å². The molecule has 1 fully saturated rings. The van der Waals surface area contributed by atoms with Crippen LogP contribution >= 0.6 is 0 Å². The molecule has 0 radical (unpaired) electrons. The van der Waals surface area contributed by atoms with E-state index in [1.54, 1.807) is 16.4 Å². The number of aryl methyl sites for hydroxylation is 1. The summed E-state index contributed by atoms with van der Waals surface area (Å²) in [6.45, 7) is 5.21. The third-order valence-electron chi connectivity index (χ3n) is 5.14. The molecule has 3 rings (SSSR count). The second-order valence-corrected chi connectivity index (χ2v) is 9.29. The molecular formula is C22H28N2O4S. The van der Waals surface area contributed by atoms with Crippen LogP contribution in [0, 0.1) is 6.92 Å². The lowest BCUT2D eigenvalue weighted by Gasteiger charge is -2.32. The Bertz CT molecular complexity index is 924. The number of ether oxygens (including phenoxy) is 1. The number of hydrogen-bond donors (Lipinski definition) is 1. The third kappa shape index (κ3) is 5.36. The average Bonchev–Trinajstić information content (AvgIpc) is 2.72. The van der Waals surface area contributed by atoms with Crippen molar-refractivity contribution in [1.82, 2.24) is 9.62 Å². The maximum Gasteiger partial charge on any atom is 0.251 e. The number of benzene rings is 2. The standard InChI is InChI=1S/C22H28N2O4S/c1-17-6-10-20(11-7-17)28-16-14-23-22(25)19-8-12-21(13-9-19)29(26,27)24-15-4-3-5-18(24)2/h6-13,18H,3-5,14-16H2,1-2H3,(H,23,25)/t18-/m1/s1. The van der Waals surface area contributed by atoms with Gasteiger partial charge in [-0.3, -0.25) is 4.79 Å².